The van der Waals surface area contributed by atoms with Gasteiger partial charge in [0, 0.05) is 28.8 Å². The van der Waals surface area contributed by atoms with Crippen molar-refractivity contribution in [2.45, 2.75) is 26.7 Å². The zero-order valence-corrected chi connectivity index (χ0v) is 14.1. The smallest absolute Gasteiger partial charge is 0.254 e. The van der Waals surface area contributed by atoms with Crippen LogP contribution < -0.4 is 11.1 Å². The number of nitrogens with one attached hydrogen (secondary N) is 1. The summed E-state index contributed by atoms with van der Waals surface area (Å²) in [5, 5.41) is 2.78. The lowest BCUT2D eigenvalue weighted by Gasteiger charge is -2.22. The van der Waals surface area contributed by atoms with E-state index < -0.39 is 0 Å². The molecular formula is C15H22BrN3O2. The quantitative estimate of drug-likeness (QED) is 0.737. The molecule has 5 nitrogen and oxygen atoms in total. The van der Waals surface area contributed by atoms with Gasteiger partial charge in [-0.2, -0.15) is 0 Å². The molecule has 0 atom stereocenters. The van der Waals surface area contributed by atoms with E-state index in [2.05, 4.69) is 21.2 Å². The molecule has 1 aromatic rings. The Balaban J connectivity index is 2.83. The molecule has 0 bridgehead atoms. The Hall–Kier alpha value is -1.56. The van der Waals surface area contributed by atoms with Crippen LogP contribution in [0.4, 0.5) is 5.69 Å². The van der Waals surface area contributed by atoms with E-state index in [1.54, 1.807) is 23.1 Å². The third-order valence-electron chi connectivity index (χ3n) is 2.85. The summed E-state index contributed by atoms with van der Waals surface area (Å²) >= 11 is 3.32. The molecule has 3 N–H and O–H groups in total. The summed E-state index contributed by atoms with van der Waals surface area (Å²) in [6.45, 7) is 5.18. The molecule has 1 rings (SSSR count). The minimum atomic E-state index is -0.184. The largest absolute Gasteiger partial charge is 0.399 e. The summed E-state index contributed by atoms with van der Waals surface area (Å²) in [5.74, 6) is -0.321. The molecule has 116 valence electrons. The summed E-state index contributed by atoms with van der Waals surface area (Å²) in [4.78, 5) is 25.9. The fourth-order valence-electron chi connectivity index (χ4n) is 1.93. The molecule has 0 heterocycles. The minimum Gasteiger partial charge on any atom is -0.399 e. The van der Waals surface area contributed by atoms with E-state index in [1.807, 2.05) is 13.8 Å². The second kappa shape index (κ2) is 8.67. The van der Waals surface area contributed by atoms with Gasteiger partial charge in [0.05, 0.1) is 6.54 Å². The van der Waals surface area contributed by atoms with Gasteiger partial charge < -0.3 is 16.0 Å². The third-order valence-corrected chi connectivity index (χ3v) is 3.31. The molecular weight excluding hydrogens is 334 g/mol. The normalized spacial score (nSPS) is 10.2. The van der Waals surface area contributed by atoms with Crippen molar-refractivity contribution in [3.05, 3.63) is 28.2 Å². The van der Waals surface area contributed by atoms with Crippen molar-refractivity contribution in [3.8, 4) is 0 Å². The highest BCUT2D eigenvalue weighted by molar-refractivity contribution is 9.10. The van der Waals surface area contributed by atoms with Crippen LogP contribution in [0.2, 0.25) is 0 Å². The standard InChI is InChI=1S/C15H22BrN3O2/c1-3-5-18-14(20)10-19(6-4-2)15(21)11-7-12(16)9-13(17)8-11/h7-9H,3-6,10,17H2,1-2H3,(H,18,20). The van der Waals surface area contributed by atoms with Gasteiger partial charge in [0.25, 0.3) is 5.91 Å². The molecule has 0 aliphatic heterocycles. The van der Waals surface area contributed by atoms with E-state index in [-0.39, 0.29) is 18.4 Å². The monoisotopic (exact) mass is 355 g/mol. The summed E-state index contributed by atoms with van der Waals surface area (Å²) in [6.07, 6.45) is 1.66. The first-order chi connectivity index (χ1) is 9.97. The number of carbonyl (C=O) groups is 2. The number of anilines is 1. The summed E-state index contributed by atoms with van der Waals surface area (Å²) in [6, 6.07) is 5.07. The van der Waals surface area contributed by atoms with Crippen molar-refractivity contribution in [1.29, 1.82) is 0 Å². The topological polar surface area (TPSA) is 75.4 Å². The van der Waals surface area contributed by atoms with Crippen LogP contribution in [0.25, 0.3) is 0 Å². The highest BCUT2D eigenvalue weighted by atomic mass is 79.9. The van der Waals surface area contributed by atoms with E-state index >= 15 is 0 Å². The second-order valence-corrected chi connectivity index (χ2v) is 5.77. The number of amides is 2. The maximum absolute atomic E-state index is 12.5. The molecule has 0 spiro atoms. The third kappa shape index (κ3) is 5.75. The number of nitrogens with two attached hydrogens (primary N) is 1. The predicted octanol–water partition coefficient (Wildman–Crippen LogP) is 2.41. The molecule has 0 aliphatic carbocycles. The first-order valence-electron chi connectivity index (χ1n) is 7.10. The molecule has 1 aromatic carbocycles. The van der Waals surface area contributed by atoms with Gasteiger partial charge in [0.2, 0.25) is 5.91 Å². The van der Waals surface area contributed by atoms with Crippen molar-refractivity contribution in [2.24, 2.45) is 0 Å². The number of carbonyl (C=O) groups excluding carboxylic acids is 2. The lowest BCUT2D eigenvalue weighted by molar-refractivity contribution is -0.121. The van der Waals surface area contributed by atoms with Gasteiger partial charge in [-0.05, 0) is 31.0 Å². The van der Waals surface area contributed by atoms with Crippen LogP contribution in [0.1, 0.15) is 37.0 Å². The Kier molecular flexibility index (Phi) is 7.22. The Bertz CT molecular complexity index is 485. The molecule has 0 saturated heterocycles. The molecule has 6 heteroatoms. The van der Waals surface area contributed by atoms with E-state index in [0.29, 0.717) is 24.3 Å². The van der Waals surface area contributed by atoms with Crippen molar-refractivity contribution >= 4 is 33.4 Å². The van der Waals surface area contributed by atoms with Crippen LogP contribution in [-0.4, -0.2) is 36.3 Å². The van der Waals surface area contributed by atoms with Gasteiger partial charge >= 0.3 is 0 Å². The predicted molar refractivity (Wildman–Crippen MR) is 88.0 cm³/mol. The zero-order valence-electron chi connectivity index (χ0n) is 12.5. The highest BCUT2D eigenvalue weighted by Crippen LogP contribution is 2.18. The molecule has 21 heavy (non-hydrogen) atoms. The number of nitrogens with zero attached hydrogens (tertiary/aromatic N) is 1. The van der Waals surface area contributed by atoms with Gasteiger partial charge in [-0.25, -0.2) is 0 Å². The van der Waals surface area contributed by atoms with Gasteiger partial charge in [-0.3, -0.25) is 9.59 Å². The van der Waals surface area contributed by atoms with Crippen LogP contribution in [0.15, 0.2) is 22.7 Å². The van der Waals surface area contributed by atoms with Crippen molar-refractivity contribution in [3.63, 3.8) is 0 Å². The summed E-state index contributed by atoms with van der Waals surface area (Å²) in [5.41, 5.74) is 6.76. The molecule has 0 fully saturated rings. The van der Waals surface area contributed by atoms with Crippen LogP contribution in [-0.2, 0) is 4.79 Å². The molecule has 0 radical (unpaired) electrons. The lowest BCUT2D eigenvalue weighted by Crippen LogP contribution is -2.41. The number of rotatable bonds is 7. The minimum absolute atomic E-state index is 0.0685. The van der Waals surface area contributed by atoms with Gasteiger partial charge in [-0.15, -0.1) is 0 Å². The second-order valence-electron chi connectivity index (χ2n) is 4.85. The molecule has 0 aliphatic rings. The fourth-order valence-corrected chi connectivity index (χ4v) is 2.45. The van der Waals surface area contributed by atoms with E-state index in [9.17, 15) is 9.59 Å². The van der Waals surface area contributed by atoms with Gasteiger partial charge in [-0.1, -0.05) is 29.8 Å². The number of benzene rings is 1. The molecule has 0 unspecified atom stereocenters. The van der Waals surface area contributed by atoms with Crippen molar-refractivity contribution in [2.75, 3.05) is 25.4 Å². The first-order valence-corrected chi connectivity index (χ1v) is 7.89. The Morgan fingerprint density at radius 3 is 2.52 bits per heavy atom. The van der Waals surface area contributed by atoms with Crippen LogP contribution in [0, 0.1) is 0 Å². The number of hydrogen-bond donors (Lipinski definition) is 2. The number of halogens is 1. The maximum atomic E-state index is 12.5. The fraction of sp³-hybridized carbons (Fsp3) is 0.467. The van der Waals surface area contributed by atoms with Gasteiger partial charge in [0.1, 0.15) is 0 Å². The first kappa shape index (κ1) is 17.5. The maximum Gasteiger partial charge on any atom is 0.254 e. The molecule has 0 saturated carbocycles. The number of nitrogen functional groups attached to an aromatic ring is 1. The summed E-state index contributed by atoms with van der Waals surface area (Å²) < 4.78 is 0.748. The highest BCUT2D eigenvalue weighted by Gasteiger charge is 2.18. The zero-order chi connectivity index (χ0) is 15.8. The Labute approximate surface area is 134 Å². The van der Waals surface area contributed by atoms with Crippen LogP contribution in [0.3, 0.4) is 0 Å². The van der Waals surface area contributed by atoms with Crippen LogP contribution >= 0.6 is 15.9 Å². The Morgan fingerprint density at radius 2 is 1.95 bits per heavy atom. The Morgan fingerprint density at radius 1 is 1.24 bits per heavy atom. The van der Waals surface area contributed by atoms with Crippen molar-refractivity contribution in [1.82, 2.24) is 10.2 Å². The van der Waals surface area contributed by atoms with E-state index in [0.717, 1.165) is 17.3 Å². The lowest BCUT2D eigenvalue weighted by atomic mass is 10.1. The summed E-state index contributed by atoms with van der Waals surface area (Å²) in [7, 11) is 0. The average molecular weight is 356 g/mol. The SMILES string of the molecule is CCCNC(=O)CN(CCC)C(=O)c1cc(N)cc(Br)c1. The van der Waals surface area contributed by atoms with E-state index in [1.165, 1.54) is 0 Å². The van der Waals surface area contributed by atoms with Crippen molar-refractivity contribution < 1.29 is 9.59 Å². The van der Waals surface area contributed by atoms with E-state index in [4.69, 9.17) is 5.73 Å². The molecule has 0 aromatic heterocycles. The van der Waals surface area contributed by atoms with Gasteiger partial charge in [0.15, 0.2) is 0 Å². The molecule has 2 amide bonds. The average Bonchev–Trinajstić information content (AvgIpc) is 2.42. The van der Waals surface area contributed by atoms with Crippen LogP contribution in [0.5, 0.6) is 0 Å². The number of hydrogen-bond acceptors (Lipinski definition) is 3.